The van der Waals surface area contributed by atoms with E-state index in [1.807, 2.05) is 30.3 Å². The summed E-state index contributed by atoms with van der Waals surface area (Å²) in [4.78, 5) is 0. The van der Waals surface area contributed by atoms with Crippen LogP contribution < -0.4 is 9.47 Å². The van der Waals surface area contributed by atoms with Gasteiger partial charge in [-0.1, -0.05) is 30.3 Å². The first-order chi connectivity index (χ1) is 12.8. The summed E-state index contributed by atoms with van der Waals surface area (Å²) in [5.41, 5.74) is 2.38. The van der Waals surface area contributed by atoms with Gasteiger partial charge in [0.2, 0.25) is 5.79 Å². The van der Waals surface area contributed by atoms with Gasteiger partial charge in [-0.05, 0) is 48.6 Å². The van der Waals surface area contributed by atoms with E-state index in [1.54, 1.807) is 7.11 Å². The van der Waals surface area contributed by atoms with E-state index >= 15 is 0 Å². The van der Waals surface area contributed by atoms with Crippen LogP contribution >= 0.6 is 0 Å². The highest BCUT2D eigenvalue weighted by atomic mass is 16.7. The molecular weight excluding hydrogens is 328 g/mol. The van der Waals surface area contributed by atoms with Gasteiger partial charge in [0, 0.05) is 12.3 Å². The Morgan fingerprint density at radius 3 is 2.88 bits per heavy atom. The van der Waals surface area contributed by atoms with Crippen LogP contribution in [-0.2, 0) is 22.5 Å². The molecule has 0 amide bonds. The molecule has 0 N–H and O–H groups in total. The molecule has 0 aliphatic carbocycles. The normalized spacial score (nSPS) is 24.7. The molecule has 0 radical (unpaired) electrons. The molecule has 2 aromatic rings. The van der Waals surface area contributed by atoms with E-state index in [-0.39, 0.29) is 5.92 Å². The summed E-state index contributed by atoms with van der Waals surface area (Å²) in [5.74, 6) is 1.47. The summed E-state index contributed by atoms with van der Waals surface area (Å²) in [7, 11) is 1.69. The van der Waals surface area contributed by atoms with Crippen LogP contribution in [0, 0.1) is 5.92 Å². The summed E-state index contributed by atoms with van der Waals surface area (Å²) >= 11 is 0. The Labute approximate surface area is 155 Å². The van der Waals surface area contributed by atoms with Crippen molar-refractivity contribution < 1.29 is 18.9 Å². The molecule has 4 heteroatoms. The molecule has 4 rings (SSSR count). The van der Waals surface area contributed by atoms with E-state index in [9.17, 15) is 0 Å². The molecule has 2 aromatic carbocycles. The van der Waals surface area contributed by atoms with Crippen molar-refractivity contribution in [1.29, 1.82) is 0 Å². The maximum absolute atomic E-state index is 6.42. The number of rotatable bonds is 5. The first-order valence-electron chi connectivity index (χ1n) is 9.41. The smallest absolute Gasteiger partial charge is 0.215 e. The van der Waals surface area contributed by atoms with Crippen molar-refractivity contribution in [3.05, 3.63) is 59.7 Å². The molecule has 0 saturated carbocycles. The molecule has 0 bridgehead atoms. The van der Waals surface area contributed by atoms with Gasteiger partial charge in [-0.25, -0.2) is 0 Å². The van der Waals surface area contributed by atoms with Gasteiger partial charge in [0.1, 0.15) is 11.5 Å². The summed E-state index contributed by atoms with van der Waals surface area (Å²) in [6, 6.07) is 16.3. The molecular formula is C22H26O4. The Balaban J connectivity index is 1.44. The maximum atomic E-state index is 6.42. The standard InChI is InChI=1S/C22H26O4/c1-23-20-9-10-21-18(14-20)11-12-22(26-21)19(8-5-13-25-22)16-24-15-17-6-3-2-4-7-17/h2-4,6-7,9-10,14,19H,5,8,11-13,15-16H2,1H3. The highest BCUT2D eigenvalue weighted by Gasteiger charge is 2.46. The molecule has 26 heavy (non-hydrogen) atoms. The zero-order valence-electron chi connectivity index (χ0n) is 15.3. The lowest BCUT2D eigenvalue weighted by molar-refractivity contribution is -0.256. The van der Waals surface area contributed by atoms with Crippen LogP contribution in [0.15, 0.2) is 48.5 Å². The molecule has 2 heterocycles. The number of methoxy groups -OCH3 is 1. The molecule has 2 atom stereocenters. The van der Waals surface area contributed by atoms with Crippen molar-refractivity contribution in [1.82, 2.24) is 0 Å². The quantitative estimate of drug-likeness (QED) is 0.799. The third-order valence-electron chi connectivity index (χ3n) is 5.39. The molecule has 4 nitrogen and oxygen atoms in total. The van der Waals surface area contributed by atoms with Gasteiger partial charge in [0.15, 0.2) is 0 Å². The molecule has 2 aliphatic rings. The van der Waals surface area contributed by atoms with Gasteiger partial charge in [-0.15, -0.1) is 0 Å². The van der Waals surface area contributed by atoms with Crippen LogP contribution in [0.3, 0.4) is 0 Å². The molecule has 0 aromatic heterocycles. The van der Waals surface area contributed by atoms with E-state index in [0.29, 0.717) is 13.2 Å². The van der Waals surface area contributed by atoms with Gasteiger partial charge < -0.3 is 18.9 Å². The lowest BCUT2D eigenvalue weighted by atomic mass is 9.85. The summed E-state index contributed by atoms with van der Waals surface area (Å²) < 4.78 is 24.0. The highest BCUT2D eigenvalue weighted by Crippen LogP contribution is 2.43. The number of fused-ring (bicyclic) bond motifs is 1. The zero-order chi connectivity index (χ0) is 17.8. The number of hydrogen-bond acceptors (Lipinski definition) is 4. The first kappa shape index (κ1) is 17.4. The first-order valence-corrected chi connectivity index (χ1v) is 9.41. The minimum Gasteiger partial charge on any atom is -0.497 e. The van der Waals surface area contributed by atoms with Crippen molar-refractivity contribution in [2.24, 2.45) is 5.92 Å². The largest absolute Gasteiger partial charge is 0.497 e. The number of benzene rings is 2. The third-order valence-corrected chi connectivity index (χ3v) is 5.39. The number of hydrogen-bond donors (Lipinski definition) is 0. The lowest BCUT2D eigenvalue weighted by Gasteiger charge is -2.46. The number of aryl methyl sites for hydroxylation is 1. The van der Waals surface area contributed by atoms with E-state index < -0.39 is 5.79 Å². The van der Waals surface area contributed by atoms with Crippen molar-refractivity contribution in [3.63, 3.8) is 0 Å². The highest BCUT2D eigenvalue weighted by molar-refractivity contribution is 5.42. The fourth-order valence-corrected chi connectivity index (χ4v) is 3.93. The van der Waals surface area contributed by atoms with Crippen LogP contribution in [0.1, 0.15) is 30.4 Å². The SMILES string of the molecule is COc1ccc2c(c1)CCC1(OCCCC1COCc1ccccc1)O2. The van der Waals surface area contributed by atoms with Gasteiger partial charge in [-0.3, -0.25) is 0 Å². The van der Waals surface area contributed by atoms with Crippen molar-refractivity contribution in [3.8, 4) is 11.5 Å². The molecule has 1 saturated heterocycles. The molecule has 2 aliphatic heterocycles. The lowest BCUT2D eigenvalue weighted by Crippen LogP contribution is -2.53. The average molecular weight is 354 g/mol. The van der Waals surface area contributed by atoms with Gasteiger partial charge in [0.05, 0.1) is 26.9 Å². The zero-order valence-corrected chi connectivity index (χ0v) is 15.3. The predicted molar refractivity (Wildman–Crippen MR) is 99.4 cm³/mol. The van der Waals surface area contributed by atoms with Crippen LogP contribution in [0.2, 0.25) is 0 Å². The molecule has 1 spiro atoms. The fourth-order valence-electron chi connectivity index (χ4n) is 3.93. The fraction of sp³-hybridized carbons (Fsp3) is 0.455. The molecule has 1 fully saturated rings. The Kier molecular flexibility index (Phi) is 5.14. The number of ether oxygens (including phenoxy) is 4. The second kappa shape index (κ2) is 7.68. The summed E-state index contributed by atoms with van der Waals surface area (Å²) in [6.07, 6.45) is 3.91. The van der Waals surface area contributed by atoms with E-state index in [0.717, 1.165) is 43.8 Å². The van der Waals surface area contributed by atoms with Crippen LogP contribution in [0.4, 0.5) is 0 Å². The van der Waals surface area contributed by atoms with E-state index in [2.05, 4.69) is 18.2 Å². The second-order valence-corrected chi connectivity index (χ2v) is 7.08. The van der Waals surface area contributed by atoms with Gasteiger partial charge in [-0.2, -0.15) is 0 Å². The Morgan fingerprint density at radius 2 is 2.04 bits per heavy atom. The molecule has 2 unspecified atom stereocenters. The summed E-state index contributed by atoms with van der Waals surface area (Å²) in [5, 5.41) is 0. The Bertz CT molecular complexity index is 730. The predicted octanol–water partition coefficient (Wildman–Crippen LogP) is 4.36. The maximum Gasteiger partial charge on any atom is 0.215 e. The minimum absolute atomic E-state index is 0.246. The Morgan fingerprint density at radius 1 is 1.15 bits per heavy atom. The van der Waals surface area contributed by atoms with E-state index in [4.69, 9.17) is 18.9 Å². The van der Waals surface area contributed by atoms with Crippen LogP contribution in [0.5, 0.6) is 11.5 Å². The second-order valence-electron chi connectivity index (χ2n) is 7.08. The monoisotopic (exact) mass is 354 g/mol. The van der Waals surface area contributed by atoms with Crippen molar-refractivity contribution in [2.45, 2.75) is 38.1 Å². The van der Waals surface area contributed by atoms with Gasteiger partial charge in [0.25, 0.3) is 0 Å². The molecule has 138 valence electrons. The third kappa shape index (κ3) is 3.57. The topological polar surface area (TPSA) is 36.9 Å². The summed E-state index contributed by atoms with van der Waals surface area (Å²) in [6.45, 7) is 2.03. The van der Waals surface area contributed by atoms with Crippen molar-refractivity contribution >= 4 is 0 Å². The van der Waals surface area contributed by atoms with Crippen molar-refractivity contribution in [2.75, 3.05) is 20.3 Å². The Hall–Kier alpha value is -2.04. The van der Waals surface area contributed by atoms with E-state index in [1.165, 1.54) is 11.1 Å². The average Bonchev–Trinajstić information content (AvgIpc) is 2.70. The minimum atomic E-state index is -0.559. The van der Waals surface area contributed by atoms with Crippen LogP contribution in [0.25, 0.3) is 0 Å². The van der Waals surface area contributed by atoms with Gasteiger partial charge >= 0.3 is 0 Å². The van der Waals surface area contributed by atoms with Crippen LogP contribution in [-0.4, -0.2) is 26.1 Å².